The summed E-state index contributed by atoms with van der Waals surface area (Å²) < 4.78 is 5.36. The number of para-hydroxylation sites is 1. The molecule has 0 spiro atoms. The fraction of sp³-hybridized carbons (Fsp3) is 0.111. The van der Waals surface area contributed by atoms with E-state index in [9.17, 15) is 19.2 Å². The molecule has 0 bridgehead atoms. The maximum Gasteiger partial charge on any atom is 0.336 e. The molecule has 8 heteroatoms. The van der Waals surface area contributed by atoms with Gasteiger partial charge in [0.25, 0.3) is 17.7 Å². The molecule has 3 rings (SSSR count). The first-order valence-corrected chi connectivity index (χ1v) is 7.69. The van der Waals surface area contributed by atoms with Crippen LogP contribution < -0.4 is 10.5 Å². The minimum Gasteiger partial charge on any atom is -0.492 e. The summed E-state index contributed by atoms with van der Waals surface area (Å²) in [6.45, 7) is -0.119. The van der Waals surface area contributed by atoms with Gasteiger partial charge < -0.3 is 15.3 Å². The van der Waals surface area contributed by atoms with Crippen molar-refractivity contribution in [1.82, 2.24) is 5.06 Å². The lowest BCUT2D eigenvalue weighted by Gasteiger charge is -2.13. The van der Waals surface area contributed by atoms with E-state index in [1.165, 1.54) is 24.3 Å². The Labute approximate surface area is 148 Å². The average Bonchev–Trinajstić information content (AvgIpc) is 2.87. The number of imide groups is 1. The molecule has 0 aliphatic carbocycles. The topological polar surface area (TPSA) is 116 Å². The molecule has 1 heterocycles. The Bertz CT molecular complexity index is 873. The molecule has 3 amide bonds. The highest BCUT2D eigenvalue weighted by Gasteiger charge is 2.38. The number of nitrogens with two attached hydrogens (primary N) is 1. The molecule has 132 valence electrons. The van der Waals surface area contributed by atoms with Crippen LogP contribution in [-0.4, -0.2) is 35.4 Å². The number of carbonyl (C=O) groups excluding carboxylic acids is 4. The van der Waals surface area contributed by atoms with Gasteiger partial charge in [0.1, 0.15) is 5.75 Å². The van der Waals surface area contributed by atoms with Crippen LogP contribution in [0.5, 0.6) is 5.75 Å². The number of hydrogen-bond acceptors (Lipinski definition) is 6. The fourth-order valence-electron chi connectivity index (χ4n) is 2.44. The number of carbonyl (C=O) groups is 4. The molecule has 2 aromatic carbocycles. The molecule has 2 aromatic rings. The summed E-state index contributed by atoms with van der Waals surface area (Å²) in [7, 11) is 0. The number of amides is 3. The van der Waals surface area contributed by atoms with Crippen LogP contribution in [0.25, 0.3) is 0 Å². The summed E-state index contributed by atoms with van der Waals surface area (Å²) in [5.74, 6) is -2.64. The number of hydrogen-bond donors (Lipinski definition) is 1. The zero-order valence-electron chi connectivity index (χ0n) is 13.5. The van der Waals surface area contributed by atoms with Crippen molar-refractivity contribution in [1.29, 1.82) is 0 Å². The summed E-state index contributed by atoms with van der Waals surface area (Å²) >= 11 is 0. The van der Waals surface area contributed by atoms with E-state index in [1.807, 2.05) is 0 Å². The van der Waals surface area contributed by atoms with Crippen molar-refractivity contribution in [3.63, 3.8) is 0 Å². The zero-order chi connectivity index (χ0) is 18.7. The average molecular weight is 354 g/mol. The zero-order valence-corrected chi connectivity index (χ0v) is 13.5. The number of fused-ring (bicyclic) bond motifs is 1. The SMILES string of the molecule is NC(=O)c1ccccc1OCCC(=O)ON1C(=O)c2ccccc2C1=O. The van der Waals surface area contributed by atoms with Gasteiger partial charge in [-0.2, -0.15) is 0 Å². The normalized spacial score (nSPS) is 12.7. The summed E-state index contributed by atoms with van der Waals surface area (Å²) in [5.41, 5.74) is 5.77. The van der Waals surface area contributed by atoms with Crippen LogP contribution in [0, 0.1) is 0 Å². The maximum atomic E-state index is 12.1. The molecule has 0 saturated carbocycles. The molecule has 2 N–H and O–H groups in total. The van der Waals surface area contributed by atoms with Gasteiger partial charge in [-0.3, -0.25) is 14.4 Å². The maximum absolute atomic E-state index is 12.1. The molecule has 0 unspecified atom stereocenters. The van der Waals surface area contributed by atoms with Crippen molar-refractivity contribution in [3.8, 4) is 5.75 Å². The quantitative estimate of drug-likeness (QED) is 0.782. The van der Waals surface area contributed by atoms with Crippen molar-refractivity contribution >= 4 is 23.7 Å². The molecule has 0 saturated heterocycles. The minimum atomic E-state index is -0.823. The molecule has 26 heavy (non-hydrogen) atoms. The third-order valence-corrected chi connectivity index (χ3v) is 3.67. The smallest absolute Gasteiger partial charge is 0.336 e. The third kappa shape index (κ3) is 3.25. The predicted octanol–water partition coefficient (Wildman–Crippen LogP) is 1.31. The summed E-state index contributed by atoms with van der Waals surface area (Å²) in [5, 5.41) is 0.435. The van der Waals surface area contributed by atoms with E-state index >= 15 is 0 Å². The number of nitrogens with zero attached hydrogens (tertiary/aromatic N) is 1. The fourth-order valence-corrected chi connectivity index (χ4v) is 2.44. The number of ether oxygens (including phenoxy) is 1. The second kappa shape index (κ2) is 7.06. The predicted molar refractivity (Wildman–Crippen MR) is 88.1 cm³/mol. The Balaban J connectivity index is 1.57. The highest BCUT2D eigenvalue weighted by Crippen LogP contribution is 2.23. The molecule has 0 atom stereocenters. The molecule has 0 fully saturated rings. The Hall–Kier alpha value is -3.68. The van der Waals surface area contributed by atoms with Crippen molar-refractivity contribution < 1.29 is 28.8 Å². The lowest BCUT2D eigenvalue weighted by molar-refractivity contribution is -0.169. The minimum absolute atomic E-state index is 0.119. The van der Waals surface area contributed by atoms with Crippen LogP contribution >= 0.6 is 0 Å². The second-order valence-corrected chi connectivity index (χ2v) is 5.37. The standard InChI is InChI=1S/C18H14N2O6/c19-16(22)13-7-3-4-8-14(13)25-10-9-15(21)26-20-17(23)11-5-1-2-6-12(11)18(20)24/h1-8H,9-10H2,(H2,19,22). The first kappa shape index (κ1) is 17.2. The largest absolute Gasteiger partial charge is 0.492 e. The highest BCUT2D eigenvalue weighted by molar-refractivity contribution is 6.20. The molecule has 0 aromatic heterocycles. The lowest BCUT2D eigenvalue weighted by Crippen LogP contribution is -2.33. The van der Waals surface area contributed by atoms with E-state index in [1.54, 1.807) is 24.3 Å². The molecule has 0 radical (unpaired) electrons. The van der Waals surface area contributed by atoms with E-state index in [0.717, 1.165) is 0 Å². The number of benzene rings is 2. The van der Waals surface area contributed by atoms with Crippen molar-refractivity contribution in [2.75, 3.05) is 6.61 Å². The number of rotatable bonds is 6. The van der Waals surface area contributed by atoms with Crippen LogP contribution in [0.2, 0.25) is 0 Å². The molecule has 8 nitrogen and oxygen atoms in total. The van der Waals surface area contributed by atoms with Crippen molar-refractivity contribution in [2.45, 2.75) is 6.42 Å². The van der Waals surface area contributed by atoms with E-state index in [2.05, 4.69) is 0 Å². The van der Waals surface area contributed by atoms with E-state index in [4.69, 9.17) is 15.3 Å². The van der Waals surface area contributed by atoms with E-state index in [-0.39, 0.29) is 35.5 Å². The van der Waals surface area contributed by atoms with Gasteiger partial charge in [-0.05, 0) is 24.3 Å². The van der Waals surface area contributed by atoms with Gasteiger partial charge >= 0.3 is 5.97 Å². The van der Waals surface area contributed by atoms with Gasteiger partial charge in [-0.15, -0.1) is 0 Å². The van der Waals surface area contributed by atoms with Gasteiger partial charge in [0.2, 0.25) is 0 Å². The van der Waals surface area contributed by atoms with Crippen LogP contribution in [-0.2, 0) is 9.63 Å². The number of hydroxylamine groups is 2. The van der Waals surface area contributed by atoms with Crippen molar-refractivity contribution in [2.24, 2.45) is 5.73 Å². The van der Waals surface area contributed by atoms with Gasteiger partial charge in [-0.25, -0.2) is 4.79 Å². The van der Waals surface area contributed by atoms with E-state index < -0.39 is 23.7 Å². The summed E-state index contributed by atoms with van der Waals surface area (Å²) in [6, 6.07) is 12.5. The highest BCUT2D eigenvalue weighted by atomic mass is 16.7. The Morgan fingerprint density at radius 1 is 0.923 bits per heavy atom. The molecule has 1 aliphatic heterocycles. The van der Waals surface area contributed by atoms with Gasteiger partial charge in [0.15, 0.2) is 0 Å². The third-order valence-electron chi connectivity index (χ3n) is 3.67. The monoisotopic (exact) mass is 354 g/mol. The molecular formula is C18H14N2O6. The first-order chi connectivity index (χ1) is 12.5. The number of primary amides is 1. The van der Waals surface area contributed by atoms with Gasteiger partial charge in [0.05, 0.1) is 29.7 Å². The molecular weight excluding hydrogens is 340 g/mol. The van der Waals surface area contributed by atoms with E-state index in [0.29, 0.717) is 5.06 Å². The van der Waals surface area contributed by atoms with Crippen molar-refractivity contribution in [3.05, 3.63) is 65.2 Å². The Kier molecular flexibility index (Phi) is 4.66. The first-order valence-electron chi connectivity index (χ1n) is 7.69. The van der Waals surface area contributed by atoms with Crippen LogP contribution in [0.15, 0.2) is 48.5 Å². The van der Waals surface area contributed by atoms with Gasteiger partial charge in [0, 0.05) is 0 Å². The van der Waals surface area contributed by atoms with Gasteiger partial charge in [-0.1, -0.05) is 29.3 Å². The summed E-state index contributed by atoms with van der Waals surface area (Å²) in [4.78, 5) is 52.3. The van der Waals surface area contributed by atoms with Crippen LogP contribution in [0.4, 0.5) is 0 Å². The second-order valence-electron chi connectivity index (χ2n) is 5.37. The Morgan fingerprint density at radius 3 is 2.12 bits per heavy atom. The summed E-state index contributed by atoms with van der Waals surface area (Å²) in [6.07, 6.45) is -0.236. The van der Waals surface area contributed by atoms with Crippen LogP contribution in [0.3, 0.4) is 0 Å². The Morgan fingerprint density at radius 2 is 1.50 bits per heavy atom. The molecule has 1 aliphatic rings. The van der Waals surface area contributed by atoms with Crippen LogP contribution in [0.1, 0.15) is 37.5 Å². The lowest BCUT2D eigenvalue weighted by atomic mass is 10.1.